The van der Waals surface area contributed by atoms with Gasteiger partial charge in [0, 0.05) is 6.42 Å². The van der Waals surface area contributed by atoms with Crippen LogP contribution in [0, 0.1) is 0 Å². The molecule has 2 heterocycles. The van der Waals surface area contributed by atoms with Crippen molar-refractivity contribution in [2.24, 2.45) is 0 Å². The van der Waals surface area contributed by atoms with E-state index in [-0.39, 0.29) is 0 Å². The maximum atomic E-state index is 10.2. The molecule has 0 saturated carbocycles. The quantitative estimate of drug-likeness (QED) is 0.871. The van der Waals surface area contributed by atoms with E-state index in [0.717, 1.165) is 11.3 Å². The summed E-state index contributed by atoms with van der Waals surface area (Å²) in [6.45, 7) is 1.80. The van der Waals surface area contributed by atoms with Crippen LogP contribution in [0.15, 0.2) is 23.0 Å². The summed E-state index contributed by atoms with van der Waals surface area (Å²) < 4.78 is 7.99. The highest BCUT2D eigenvalue weighted by Gasteiger charge is 2.24. The molecule has 14 heavy (non-hydrogen) atoms. The Bertz CT molecular complexity index is 381. The van der Waals surface area contributed by atoms with Gasteiger partial charge in [-0.3, -0.25) is 0 Å². The van der Waals surface area contributed by atoms with Gasteiger partial charge in [0.1, 0.15) is 0 Å². The third-order valence-electron chi connectivity index (χ3n) is 2.08. The van der Waals surface area contributed by atoms with Gasteiger partial charge in [0.15, 0.2) is 0 Å². The summed E-state index contributed by atoms with van der Waals surface area (Å²) in [6, 6.07) is 1.93. The van der Waals surface area contributed by atoms with Crippen LogP contribution in [0.1, 0.15) is 18.2 Å². The highest BCUT2D eigenvalue weighted by Crippen LogP contribution is 2.26. The number of nitrogens with zero attached hydrogens (tertiary/aromatic N) is 2. The van der Waals surface area contributed by atoms with E-state index < -0.39 is 5.60 Å². The third kappa shape index (κ3) is 2.00. The predicted octanol–water partition coefficient (Wildman–Crippen LogP) is 2.05. The Morgan fingerprint density at radius 3 is 3.00 bits per heavy atom. The van der Waals surface area contributed by atoms with Crippen LogP contribution < -0.4 is 0 Å². The lowest BCUT2D eigenvalue weighted by molar-refractivity contribution is 0.0572. The second-order valence-electron chi connectivity index (χ2n) is 3.36. The Morgan fingerprint density at radius 2 is 2.43 bits per heavy atom. The lowest BCUT2D eigenvalue weighted by atomic mass is 9.94. The Morgan fingerprint density at radius 1 is 1.57 bits per heavy atom. The fourth-order valence-electron chi connectivity index (χ4n) is 1.29. The van der Waals surface area contributed by atoms with Crippen molar-refractivity contribution in [1.82, 2.24) is 8.75 Å². The van der Waals surface area contributed by atoms with Crippen molar-refractivity contribution in [3.05, 3.63) is 34.3 Å². The Kier molecular flexibility index (Phi) is 2.62. The van der Waals surface area contributed by atoms with Crippen LogP contribution in [-0.2, 0) is 12.0 Å². The number of aromatic nitrogens is 2. The number of thiophene rings is 1. The molecular weight excluding hydrogens is 216 g/mol. The van der Waals surface area contributed by atoms with Gasteiger partial charge in [-0.1, -0.05) is 0 Å². The first-order valence-corrected chi connectivity index (χ1v) is 5.87. The summed E-state index contributed by atoms with van der Waals surface area (Å²) in [5.74, 6) is 0. The van der Waals surface area contributed by atoms with Gasteiger partial charge in [0.25, 0.3) is 0 Å². The molecule has 0 radical (unpaired) electrons. The first-order valence-electron chi connectivity index (χ1n) is 4.20. The molecule has 1 N–H and O–H groups in total. The molecule has 0 bridgehead atoms. The van der Waals surface area contributed by atoms with E-state index in [1.807, 2.05) is 16.8 Å². The summed E-state index contributed by atoms with van der Waals surface area (Å²) in [6.07, 6.45) is 2.21. The van der Waals surface area contributed by atoms with Crippen molar-refractivity contribution in [2.75, 3.05) is 0 Å². The molecule has 0 fully saturated rings. The Balaban J connectivity index is 2.17. The van der Waals surface area contributed by atoms with Crippen LogP contribution >= 0.6 is 23.1 Å². The highest BCUT2D eigenvalue weighted by atomic mass is 32.1. The van der Waals surface area contributed by atoms with Gasteiger partial charge >= 0.3 is 0 Å². The van der Waals surface area contributed by atoms with Gasteiger partial charge in [-0.05, 0) is 29.3 Å². The van der Waals surface area contributed by atoms with Crippen molar-refractivity contribution in [1.29, 1.82) is 0 Å². The van der Waals surface area contributed by atoms with E-state index in [1.54, 1.807) is 24.5 Å². The lowest BCUT2D eigenvalue weighted by Crippen LogP contribution is -2.23. The number of hydrogen-bond acceptors (Lipinski definition) is 5. The topological polar surface area (TPSA) is 46.0 Å². The normalized spacial score (nSPS) is 15.3. The van der Waals surface area contributed by atoms with Crippen molar-refractivity contribution >= 4 is 23.1 Å². The molecule has 0 aliphatic rings. The number of rotatable bonds is 3. The summed E-state index contributed by atoms with van der Waals surface area (Å²) in [4.78, 5) is 0. The van der Waals surface area contributed by atoms with Gasteiger partial charge in [0.2, 0.25) is 0 Å². The van der Waals surface area contributed by atoms with Gasteiger partial charge in [-0.2, -0.15) is 20.1 Å². The molecule has 0 aliphatic heterocycles. The minimum absolute atomic E-state index is 0.514. The zero-order valence-electron chi connectivity index (χ0n) is 7.67. The second-order valence-corrected chi connectivity index (χ2v) is 4.70. The monoisotopic (exact) mass is 226 g/mol. The van der Waals surface area contributed by atoms with Crippen LogP contribution in [0.25, 0.3) is 0 Å². The van der Waals surface area contributed by atoms with Crippen LogP contribution in [-0.4, -0.2) is 13.9 Å². The van der Waals surface area contributed by atoms with Gasteiger partial charge in [-0.15, -0.1) is 0 Å². The van der Waals surface area contributed by atoms with Crippen LogP contribution in [0.5, 0.6) is 0 Å². The molecule has 0 aliphatic carbocycles. The molecule has 2 rings (SSSR count). The van der Waals surface area contributed by atoms with Gasteiger partial charge < -0.3 is 5.11 Å². The molecule has 74 valence electrons. The standard InChI is InChI=1S/C9H10N2OS2/c1-9(12,7-2-3-13-6-7)4-8-5-10-14-11-8/h2-3,5-6,12H,4H2,1H3. The van der Waals surface area contributed by atoms with E-state index in [0.29, 0.717) is 6.42 Å². The Hall–Kier alpha value is -0.780. The predicted molar refractivity (Wildman–Crippen MR) is 57.5 cm³/mol. The van der Waals surface area contributed by atoms with Crippen molar-refractivity contribution in [2.45, 2.75) is 18.9 Å². The molecule has 0 amide bonds. The first kappa shape index (κ1) is 9.76. The molecule has 2 aromatic heterocycles. The fraction of sp³-hybridized carbons (Fsp3) is 0.333. The molecule has 0 spiro atoms. The fourth-order valence-corrected chi connectivity index (χ4v) is 2.50. The SMILES string of the molecule is CC(O)(Cc1cnsn1)c1ccsc1. The molecule has 1 unspecified atom stereocenters. The van der Waals surface area contributed by atoms with Crippen LogP contribution in [0.4, 0.5) is 0 Å². The average molecular weight is 226 g/mol. The maximum Gasteiger partial charge on any atom is 0.0932 e. The van der Waals surface area contributed by atoms with E-state index >= 15 is 0 Å². The van der Waals surface area contributed by atoms with Gasteiger partial charge in [0.05, 0.1) is 29.2 Å². The van der Waals surface area contributed by atoms with E-state index in [2.05, 4.69) is 8.75 Å². The molecule has 0 saturated heterocycles. The van der Waals surface area contributed by atoms with E-state index in [1.165, 1.54) is 11.7 Å². The zero-order chi connectivity index (χ0) is 10.0. The smallest absolute Gasteiger partial charge is 0.0932 e. The second kappa shape index (κ2) is 3.76. The molecule has 2 aromatic rings. The zero-order valence-corrected chi connectivity index (χ0v) is 9.31. The van der Waals surface area contributed by atoms with E-state index in [4.69, 9.17) is 0 Å². The summed E-state index contributed by atoms with van der Waals surface area (Å²) in [5, 5.41) is 14.1. The molecular formula is C9H10N2OS2. The molecule has 5 heteroatoms. The third-order valence-corrected chi connectivity index (χ3v) is 3.27. The summed E-state index contributed by atoms with van der Waals surface area (Å²) in [5.41, 5.74) is 0.942. The van der Waals surface area contributed by atoms with Crippen LogP contribution in [0.3, 0.4) is 0 Å². The minimum Gasteiger partial charge on any atom is -0.385 e. The molecule has 0 aromatic carbocycles. The first-order chi connectivity index (χ1) is 6.68. The maximum absolute atomic E-state index is 10.2. The van der Waals surface area contributed by atoms with Crippen molar-refractivity contribution < 1.29 is 5.11 Å². The van der Waals surface area contributed by atoms with Crippen LogP contribution in [0.2, 0.25) is 0 Å². The lowest BCUT2D eigenvalue weighted by Gasteiger charge is -2.20. The summed E-state index contributed by atoms with van der Waals surface area (Å²) >= 11 is 2.75. The molecule has 3 nitrogen and oxygen atoms in total. The van der Waals surface area contributed by atoms with Crippen molar-refractivity contribution in [3.8, 4) is 0 Å². The summed E-state index contributed by atoms with van der Waals surface area (Å²) in [7, 11) is 0. The Labute approximate surface area is 90.4 Å². The number of hydrogen-bond donors (Lipinski definition) is 1. The van der Waals surface area contributed by atoms with Crippen molar-refractivity contribution in [3.63, 3.8) is 0 Å². The van der Waals surface area contributed by atoms with Gasteiger partial charge in [-0.25, -0.2) is 0 Å². The highest BCUT2D eigenvalue weighted by molar-refractivity contribution is 7.08. The number of aliphatic hydroxyl groups is 1. The van der Waals surface area contributed by atoms with E-state index in [9.17, 15) is 5.11 Å². The largest absolute Gasteiger partial charge is 0.385 e. The average Bonchev–Trinajstić information content (AvgIpc) is 2.71. The molecule has 1 atom stereocenters. The minimum atomic E-state index is -0.838.